The van der Waals surface area contributed by atoms with E-state index in [4.69, 9.17) is 4.74 Å². The summed E-state index contributed by atoms with van der Waals surface area (Å²) in [6.45, 7) is 3.28. The summed E-state index contributed by atoms with van der Waals surface area (Å²) < 4.78 is 5.64. The maximum Gasteiger partial charge on any atom is 0.304 e. The molecule has 4 heteroatoms. The molecule has 25 heavy (non-hydrogen) atoms. The van der Waals surface area contributed by atoms with E-state index in [1.165, 1.54) is 31.7 Å². The monoisotopic (exact) mass is 340 g/mol. The largest absolute Gasteiger partial charge is 0.446 e. The second kappa shape index (κ2) is 8.49. The van der Waals surface area contributed by atoms with Crippen molar-refractivity contribution in [2.75, 3.05) is 13.1 Å². The van der Waals surface area contributed by atoms with Crippen LogP contribution in [0.1, 0.15) is 69.9 Å². The Hall–Kier alpha value is -1.86. The first-order valence-corrected chi connectivity index (χ1v) is 9.52. The first kappa shape index (κ1) is 17.9. The zero-order valence-electron chi connectivity index (χ0n) is 15.2. The van der Waals surface area contributed by atoms with Crippen molar-refractivity contribution >= 4 is 5.97 Å². The van der Waals surface area contributed by atoms with E-state index in [-0.39, 0.29) is 5.97 Å². The topological polar surface area (TPSA) is 42.4 Å². The lowest BCUT2D eigenvalue weighted by Gasteiger charge is -2.35. The second-order valence-corrected chi connectivity index (χ2v) is 7.22. The third kappa shape index (κ3) is 4.83. The highest BCUT2D eigenvalue weighted by molar-refractivity contribution is 5.67. The zero-order chi connectivity index (χ0) is 17.5. The third-order valence-electron chi connectivity index (χ3n) is 5.28. The predicted molar refractivity (Wildman–Crippen MR) is 97.8 cm³/mol. The highest BCUT2D eigenvalue weighted by Gasteiger charge is 2.33. The first-order valence-electron chi connectivity index (χ1n) is 9.52. The number of nitrogens with zero attached hydrogens (tertiary/aromatic N) is 2. The smallest absolute Gasteiger partial charge is 0.304 e. The van der Waals surface area contributed by atoms with Gasteiger partial charge < -0.3 is 4.74 Å². The Balaban J connectivity index is 1.70. The van der Waals surface area contributed by atoms with Crippen molar-refractivity contribution in [2.24, 2.45) is 0 Å². The molecule has 134 valence electrons. The molecule has 1 aliphatic heterocycles. The van der Waals surface area contributed by atoms with Crippen molar-refractivity contribution in [3.8, 4) is 11.8 Å². The number of esters is 1. The number of carbonyl (C=O) groups is 1. The van der Waals surface area contributed by atoms with Crippen LogP contribution < -0.4 is 0 Å². The van der Waals surface area contributed by atoms with E-state index in [1.54, 1.807) is 0 Å². The van der Waals surface area contributed by atoms with Crippen molar-refractivity contribution < 1.29 is 9.53 Å². The molecule has 0 bridgehead atoms. The molecule has 1 atom stereocenters. The van der Waals surface area contributed by atoms with Gasteiger partial charge in [-0.05, 0) is 56.7 Å². The van der Waals surface area contributed by atoms with Crippen molar-refractivity contribution in [3.63, 3.8) is 0 Å². The minimum atomic E-state index is -0.552. The molecule has 1 saturated carbocycles. The zero-order valence-corrected chi connectivity index (χ0v) is 15.2. The summed E-state index contributed by atoms with van der Waals surface area (Å²) in [5, 5.41) is 0. The van der Waals surface area contributed by atoms with Gasteiger partial charge in [-0.25, -0.2) is 0 Å². The van der Waals surface area contributed by atoms with E-state index in [9.17, 15) is 4.79 Å². The van der Waals surface area contributed by atoms with Crippen LogP contribution in [0.25, 0.3) is 0 Å². The average molecular weight is 340 g/mol. The fourth-order valence-electron chi connectivity index (χ4n) is 4.08. The minimum Gasteiger partial charge on any atom is -0.446 e. The summed E-state index contributed by atoms with van der Waals surface area (Å²) in [5.74, 6) is 6.46. The van der Waals surface area contributed by atoms with Gasteiger partial charge in [-0.1, -0.05) is 30.7 Å². The molecular weight excluding hydrogens is 312 g/mol. The lowest BCUT2D eigenvalue weighted by molar-refractivity contribution is -0.153. The number of carbonyl (C=O) groups excluding carboxylic acids is 1. The molecule has 0 amide bonds. The molecule has 3 rings (SSSR count). The molecule has 1 aromatic rings. The fourth-order valence-corrected chi connectivity index (χ4v) is 4.08. The van der Waals surface area contributed by atoms with Gasteiger partial charge in [0.05, 0.1) is 6.54 Å². The Kier molecular flexibility index (Phi) is 6.09. The van der Waals surface area contributed by atoms with Crippen molar-refractivity contribution in [1.29, 1.82) is 0 Å². The Morgan fingerprint density at radius 1 is 1.32 bits per heavy atom. The van der Waals surface area contributed by atoms with Crippen LogP contribution in [0, 0.1) is 11.8 Å². The quantitative estimate of drug-likeness (QED) is 0.619. The molecule has 2 heterocycles. The number of piperidine rings is 1. The molecule has 2 fully saturated rings. The van der Waals surface area contributed by atoms with Gasteiger partial charge in [0, 0.05) is 25.4 Å². The SMILES string of the molecule is CC(=O)OC1(C#CCN2CCCC[C@@H]2c2cccnc2)CCCCC1. The van der Waals surface area contributed by atoms with Crippen molar-refractivity contribution in [1.82, 2.24) is 9.88 Å². The van der Waals surface area contributed by atoms with Crippen LogP contribution in [0.3, 0.4) is 0 Å². The lowest BCUT2D eigenvalue weighted by Crippen LogP contribution is -2.36. The van der Waals surface area contributed by atoms with E-state index < -0.39 is 5.60 Å². The third-order valence-corrected chi connectivity index (χ3v) is 5.28. The van der Waals surface area contributed by atoms with E-state index in [1.807, 2.05) is 18.5 Å². The number of ether oxygens (including phenoxy) is 1. The summed E-state index contributed by atoms with van der Waals surface area (Å²) in [7, 11) is 0. The van der Waals surface area contributed by atoms with E-state index in [2.05, 4.69) is 27.8 Å². The maximum absolute atomic E-state index is 11.5. The summed E-state index contributed by atoms with van der Waals surface area (Å²) in [6, 6.07) is 4.56. The Morgan fingerprint density at radius 2 is 2.16 bits per heavy atom. The van der Waals surface area contributed by atoms with Gasteiger partial charge in [0.25, 0.3) is 0 Å². The number of hydrogen-bond acceptors (Lipinski definition) is 4. The fraction of sp³-hybridized carbons (Fsp3) is 0.619. The van der Waals surface area contributed by atoms with Gasteiger partial charge in [-0.2, -0.15) is 0 Å². The average Bonchev–Trinajstić information content (AvgIpc) is 2.63. The van der Waals surface area contributed by atoms with Gasteiger partial charge >= 0.3 is 5.97 Å². The Bertz CT molecular complexity index is 626. The molecule has 0 unspecified atom stereocenters. The molecule has 1 saturated heterocycles. The molecule has 2 aliphatic rings. The van der Waals surface area contributed by atoms with Crippen LogP contribution in [0.4, 0.5) is 0 Å². The normalized spacial score (nSPS) is 23.3. The molecule has 4 nitrogen and oxygen atoms in total. The molecule has 0 spiro atoms. The van der Waals surface area contributed by atoms with Gasteiger partial charge in [-0.15, -0.1) is 0 Å². The van der Waals surface area contributed by atoms with Gasteiger partial charge in [-0.3, -0.25) is 14.7 Å². The second-order valence-electron chi connectivity index (χ2n) is 7.22. The van der Waals surface area contributed by atoms with Crippen LogP contribution in [-0.4, -0.2) is 34.5 Å². The molecule has 1 aromatic heterocycles. The highest BCUT2D eigenvalue weighted by atomic mass is 16.6. The molecule has 0 aromatic carbocycles. The standard InChI is InChI=1S/C21H28N2O2/c1-18(24)25-21(11-4-2-5-12-21)13-8-16-23-15-6-3-10-20(23)19-9-7-14-22-17-19/h7,9,14,17,20H,2-6,10-12,15-16H2,1H3/t20-/m1/s1. The Morgan fingerprint density at radius 3 is 2.88 bits per heavy atom. The van der Waals surface area contributed by atoms with Gasteiger partial charge in [0.15, 0.2) is 5.60 Å². The summed E-state index contributed by atoms with van der Waals surface area (Å²) in [6.07, 6.45) is 12.5. The van der Waals surface area contributed by atoms with Gasteiger partial charge in [0.1, 0.15) is 0 Å². The van der Waals surface area contributed by atoms with Crippen LogP contribution in [-0.2, 0) is 9.53 Å². The van der Waals surface area contributed by atoms with Gasteiger partial charge in [0.2, 0.25) is 0 Å². The first-order chi connectivity index (χ1) is 12.2. The number of aromatic nitrogens is 1. The van der Waals surface area contributed by atoms with Crippen LogP contribution in [0.5, 0.6) is 0 Å². The van der Waals surface area contributed by atoms with E-state index in [0.717, 1.165) is 45.2 Å². The molecule has 0 N–H and O–H groups in total. The molecule has 1 aliphatic carbocycles. The minimum absolute atomic E-state index is 0.220. The lowest BCUT2D eigenvalue weighted by atomic mass is 9.85. The predicted octanol–water partition coefficient (Wildman–Crippen LogP) is 3.88. The maximum atomic E-state index is 11.5. The van der Waals surface area contributed by atoms with Crippen LogP contribution in [0.15, 0.2) is 24.5 Å². The van der Waals surface area contributed by atoms with Crippen LogP contribution in [0.2, 0.25) is 0 Å². The molecule has 0 radical (unpaired) electrons. The van der Waals surface area contributed by atoms with E-state index in [0.29, 0.717) is 6.04 Å². The van der Waals surface area contributed by atoms with Crippen molar-refractivity contribution in [2.45, 2.75) is 69.9 Å². The van der Waals surface area contributed by atoms with Crippen LogP contribution >= 0.6 is 0 Å². The number of rotatable bonds is 3. The summed E-state index contributed by atoms with van der Waals surface area (Å²) >= 11 is 0. The molecular formula is C21H28N2O2. The summed E-state index contributed by atoms with van der Waals surface area (Å²) in [4.78, 5) is 18.2. The highest BCUT2D eigenvalue weighted by Crippen LogP contribution is 2.32. The number of likely N-dealkylation sites (tertiary alicyclic amines) is 1. The summed E-state index contributed by atoms with van der Waals surface area (Å²) in [5.41, 5.74) is 0.722. The number of pyridine rings is 1. The van der Waals surface area contributed by atoms with Crippen molar-refractivity contribution in [3.05, 3.63) is 30.1 Å². The Labute approximate surface area is 151 Å². The van der Waals surface area contributed by atoms with E-state index >= 15 is 0 Å². The number of hydrogen-bond donors (Lipinski definition) is 0.